The van der Waals surface area contributed by atoms with Gasteiger partial charge in [-0.05, 0) is 13.3 Å². The van der Waals surface area contributed by atoms with Crippen molar-refractivity contribution >= 4 is 34.8 Å². The van der Waals surface area contributed by atoms with Gasteiger partial charge in [0.2, 0.25) is 0 Å². The van der Waals surface area contributed by atoms with Crippen molar-refractivity contribution in [3.63, 3.8) is 0 Å². The van der Waals surface area contributed by atoms with Crippen molar-refractivity contribution in [2.75, 3.05) is 5.88 Å². The van der Waals surface area contributed by atoms with Crippen LogP contribution in [0.3, 0.4) is 0 Å². The molecule has 9 heavy (non-hydrogen) atoms. The fraction of sp³-hybridized carbons (Fsp3) is 1.00. The largest absolute Gasteiger partial charge is 0.127 e. The van der Waals surface area contributed by atoms with Crippen LogP contribution in [0.1, 0.15) is 26.7 Å². The molecule has 0 fully saturated rings. The minimum absolute atomic E-state index is 0.222. The molecule has 0 aliphatic heterocycles. The summed E-state index contributed by atoms with van der Waals surface area (Å²) in [5.41, 5.74) is 0. The SMILES string of the molecule is CC(Cl)Cl.CCCCCl. The maximum atomic E-state index is 5.30. The van der Waals surface area contributed by atoms with Gasteiger partial charge < -0.3 is 0 Å². The number of hydrogen-bond donors (Lipinski definition) is 0. The summed E-state index contributed by atoms with van der Waals surface area (Å²) in [6, 6.07) is 0. The third-order valence-electron chi connectivity index (χ3n) is 0.487. The molecule has 0 saturated carbocycles. The average Bonchev–Trinajstić information content (AvgIpc) is 1.66. The zero-order valence-corrected chi connectivity index (χ0v) is 8.10. The summed E-state index contributed by atoms with van der Waals surface area (Å²) in [5, 5.41) is 0. The van der Waals surface area contributed by atoms with E-state index in [0.717, 1.165) is 12.3 Å². The Labute approximate surface area is 72.5 Å². The van der Waals surface area contributed by atoms with Gasteiger partial charge >= 0.3 is 0 Å². The summed E-state index contributed by atoms with van der Waals surface area (Å²) in [5.74, 6) is 0.816. The molecule has 0 rings (SSSR count). The first-order valence-corrected chi connectivity index (χ1v) is 4.40. The van der Waals surface area contributed by atoms with E-state index in [1.165, 1.54) is 6.42 Å². The van der Waals surface area contributed by atoms with Crippen LogP contribution in [0.15, 0.2) is 0 Å². The third kappa shape index (κ3) is 50.8. The van der Waals surface area contributed by atoms with Gasteiger partial charge in [0.25, 0.3) is 0 Å². The molecule has 0 amide bonds. The molecule has 0 heterocycles. The first-order chi connectivity index (χ1) is 4.15. The molecule has 58 valence electrons. The fourth-order valence-corrected chi connectivity index (χ4v) is 0.401. The zero-order chi connectivity index (χ0) is 7.70. The Morgan fingerprint density at radius 1 is 1.33 bits per heavy atom. The maximum absolute atomic E-state index is 5.30. The Kier molecular flexibility index (Phi) is 16.2. The molecule has 0 unspecified atom stereocenters. The van der Waals surface area contributed by atoms with E-state index >= 15 is 0 Å². The second kappa shape index (κ2) is 11.6. The van der Waals surface area contributed by atoms with Crippen LogP contribution in [0.4, 0.5) is 0 Å². The van der Waals surface area contributed by atoms with Gasteiger partial charge in [0, 0.05) is 5.88 Å². The molecule has 0 saturated heterocycles. The number of unbranched alkanes of at least 4 members (excludes halogenated alkanes) is 1. The Balaban J connectivity index is 0. The van der Waals surface area contributed by atoms with Crippen LogP contribution in [0.5, 0.6) is 0 Å². The summed E-state index contributed by atoms with van der Waals surface area (Å²) in [4.78, 5) is -0.222. The van der Waals surface area contributed by atoms with E-state index in [-0.39, 0.29) is 4.84 Å². The van der Waals surface area contributed by atoms with Crippen LogP contribution >= 0.6 is 34.8 Å². The molecule has 0 aromatic heterocycles. The highest BCUT2D eigenvalue weighted by Crippen LogP contribution is 1.95. The summed E-state index contributed by atoms with van der Waals surface area (Å²) >= 11 is 15.4. The normalized spacial score (nSPS) is 8.67. The Morgan fingerprint density at radius 2 is 1.67 bits per heavy atom. The molecule has 0 aromatic rings. The van der Waals surface area contributed by atoms with Crippen LogP contribution in [0.25, 0.3) is 0 Å². The maximum Gasteiger partial charge on any atom is 0.105 e. The molecule has 0 bridgehead atoms. The minimum Gasteiger partial charge on any atom is -0.127 e. The third-order valence-corrected chi connectivity index (χ3v) is 0.754. The molecule has 0 spiro atoms. The van der Waals surface area contributed by atoms with E-state index in [0.29, 0.717) is 0 Å². The van der Waals surface area contributed by atoms with Crippen molar-refractivity contribution in [2.24, 2.45) is 0 Å². The average molecular weight is 192 g/mol. The van der Waals surface area contributed by atoms with Crippen molar-refractivity contribution in [1.82, 2.24) is 0 Å². The van der Waals surface area contributed by atoms with Crippen LogP contribution in [0.2, 0.25) is 0 Å². The van der Waals surface area contributed by atoms with Gasteiger partial charge in [-0.2, -0.15) is 0 Å². The van der Waals surface area contributed by atoms with Crippen LogP contribution in [0, 0.1) is 0 Å². The molecular formula is C6H13Cl3. The van der Waals surface area contributed by atoms with Crippen molar-refractivity contribution < 1.29 is 0 Å². The van der Waals surface area contributed by atoms with Crippen molar-refractivity contribution in [3.05, 3.63) is 0 Å². The van der Waals surface area contributed by atoms with E-state index in [4.69, 9.17) is 34.8 Å². The molecule has 0 atom stereocenters. The standard InChI is InChI=1S/C4H9Cl.C2H4Cl2/c1-2-3-4-5;1-2(3)4/h2-4H2,1H3;2H,1H3. The predicted molar refractivity (Wildman–Crippen MR) is 46.8 cm³/mol. The summed E-state index contributed by atoms with van der Waals surface area (Å²) in [7, 11) is 0. The Hall–Kier alpha value is 0.870. The van der Waals surface area contributed by atoms with Crippen molar-refractivity contribution in [2.45, 2.75) is 31.5 Å². The van der Waals surface area contributed by atoms with Gasteiger partial charge in [0.15, 0.2) is 0 Å². The van der Waals surface area contributed by atoms with E-state index in [1.807, 2.05) is 0 Å². The summed E-state index contributed by atoms with van der Waals surface area (Å²) < 4.78 is 0. The lowest BCUT2D eigenvalue weighted by molar-refractivity contribution is 0.892. The predicted octanol–water partition coefficient (Wildman–Crippen LogP) is 3.84. The van der Waals surface area contributed by atoms with E-state index in [9.17, 15) is 0 Å². The highest BCUT2D eigenvalue weighted by Gasteiger charge is 1.75. The second-order valence-corrected chi connectivity index (χ2v) is 3.47. The lowest BCUT2D eigenvalue weighted by Crippen LogP contribution is -1.65. The first kappa shape index (κ1) is 12.5. The van der Waals surface area contributed by atoms with E-state index < -0.39 is 0 Å². The quantitative estimate of drug-likeness (QED) is 0.582. The molecule has 0 radical (unpaired) electrons. The number of hydrogen-bond acceptors (Lipinski definition) is 0. The molecule has 0 N–H and O–H groups in total. The molecule has 0 aliphatic rings. The highest BCUT2D eigenvalue weighted by atomic mass is 35.5. The minimum atomic E-state index is -0.222. The van der Waals surface area contributed by atoms with Gasteiger partial charge in [-0.3, -0.25) is 0 Å². The Morgan fingerprint density at radius 3 is 1.67 bits per heavy atom. The van der Waals surface area contributed by atoms with Crippen molar-refractivity contribution in [3.8, 4) is 0 Å². The Bertz CT molecular complexity index is 32.5. The fourth-order valence-electron chi connectivity index (χ4n) is 0.134. The first-order valence-electron chi connectivity index (χ1n) is 2.99. The molecule has 0 aliphatic carbocycles. The van der Waals surface area contributed by atoms with Crippen molar-refractivity contribution in [1.29, 1.82) is 0 Å². The van der Waals surface area contributed by atoms with Gasteiger partial charge in [-0.25, -0.2) is 0 Å². The monoisotopic (exact) mass is 190 g/mol. The smallest absolute Gasteiger partial charge is 0.105 e. The van der Waals surface area contributed by atoms with E-state index in [2.05, 4.69) is 6.92 Å². The van der Waals surface area contributed by atoms with Crippen LogP contribution in [-0.2, 0) is 0 Å². The van der Waals surface area contributed by atoms with Crippen LogP contribution < -0.4 is 0 Å². The molecule has 0 aromatic carbocycles. The molecule has 3 heteroatoms. The van der Waals surface area contributed by atoms with Gasteiger partial charge in [-0.15, -0.1) is 34.8 Å². The van der Waals surface area contributed by atoms with Crippen LogP contribution in [-0.4, -0.2) is 10.7 Å². The number of halogens is 3. The number of rotatable bonds is 2. The topological polar surface area (TPSA) is 0 Å². The summed E-state index contributed by atoms with van der Waals surface area (Å²) in [6.07, 6.45) is 2.37. The van der Waals surface area contributed by atoms with Gasteiger partial charge in [-0.1, -0.05) is 13.3 Å². The van der Waals surface area contributed by atoms with Gasteiger partial charge in [0.1, 0.15) is 4.84 Å². The molecule has 0 nitrogen and oxygen atoms in total. The molecular weight excluding hydrogens is 178 g/mol. The lowest BCUT2D eigenvalue weighted by Gasteiger charge is -1.77. The number of alkyl halides is 3. The van der Waals surface area contributed by atoms with E-state index in [1.54, 1.807) is 6.92 Å². The second-order valence-electron chi connectivity index (χ2n) is 1.56. The van der Waals surface area contributed by atoms with Gasteiger partial charge in [0.05, 0.1) is 0 Å². The lowest BCUT2D eigenvalue weighted by atomic mass is 10.4. The summed E-state index contributed by atoms with van der Waals surface area (Å²) in [6.45, 7) is 3.82. The zero-order valence-electron chi connectivity index (χ0n) is 5.83. The highest BCUT2D eigenvalue weighted by molar-refractivity contribution is 6.43.